The van der Waals surface area contributed by atoms with Crippen LogP contribution in [0.25, 0.3) is 0 Å². The predicted molar refractivity (Wildman–Crippen MR) is 117 cm³/mol. The largest absolute Gasteiger partial charge is 0.396 e. The van der Waals surface area contributed by atoms with Crippen molar-refractivity contribution >= 4 is 56.2 Å². The summed E-state index contributed by atoms with van der Waals surface area (Å²) in [6.07, 6.45) is 0.119. The van der Waals surface area contributed by atoms with E-state index in [2.05, 4.69) is 10.0 Å². The number of nitrogens with one attached hydrogen (secondary N) is 2. The van der Waals surface area contributed by atoms with Gasteiger partial charge in [0.2, 0.25) is 5.91 Å². The van der Waals surface area contributed by atoms with Gasteiger partial charge in [0.25, 0.3) is 10.0 Å². The van der Waals surface area contributed by atoms with Gasteiger partial charge in [-0.1, -0.05) is 23.2 Å². The number of hydrogen-bond donors (Lipinski definition) is 3. The van der Waals surface area contributed by atoms with Crippen LogP contribution in [0.5, 0.6) is 0 Å². The van der Waals surface area contributed by atoms with Crippen molar-refractivity contribution in [1.29, 1.82) is 0 Å². The molecule has 0 bridgehead atoms. The highest BCUT2D eigenvalue weighted by Crippen LogP contribution is 2.27. The van der Waals surface area contributed by atoms with Crippen molar-refractivity contribution in [2.45, 2.75) is 11.3 Å². The van der Waals surface area contributed by atoms with Gasteiger partial charge in [-0.25, -0.2) is 17.2 Å². The van der Waals surface area contributed by atoms with E-state index in [1.807, 2.05) is 0 Å². The number of halogens is 4. The van der Waals surface area contributed by atoms with E-state index >= 15 is 0 Å². The van der Waals surface area contributed by atoms with Crippen LogP contribution in [0.1, 0.15) is 5.56 Å². The summed E-state index contributed by atoms with van der Waals surface area (Å²) in [5.41, 5.74) is 6.26. The van der Waals surface area contributed by atoms with Gasteiger partial charge >= 0.3 is 0 Å². The summed E-state index contributed by atoms with van der Waals surface area (Å²) in [5.74, 6) is -1.43. The number of amides is 1. The SMILES string of the molecule is Nc1ccc(Cl)cc1F.O=C1Cc2cc(S(=O)(=O)Nc3ccc(Cl)cc3F)ccc2N1. The molecule has 1 aliphatic rings. The molecule has 0 spiro atoms. The highest BCUT2D eigenvalue weighted by atomic mass is 35.5. The van der Waals surface area contributed by atoms with Gasteiger partial charge in [0.05, 0.1) is 22.7 Å². The molecule has 1 aliphatic heterocycles. The Labute approximate surface area is 187 Å². The average Bonchev–Trinajstić information content (AvgIpc) is 3.07. The van der Waals surface area contributed by atoms with Crippen LogP contribution in [-0.4, -0.2) is 14.3 Å². The second-order valence-corrected chi connectivity index (χ2v) is 8.99. The van der Waals surface area contributed by atoms with Crippen LogP contribution in [0, 0.1) is 11.6 Å². The van der Waals surface area contributed by atoms with Crippen molar-refractivity contribution in [2.75, 3.05) is 15.8 Å². The van der Waals surface area contributed by atoms with Crippen molar-refractivity contribution in [3.05, 3.63) is 81.8 Å². The third-order valence-corrected chi connectivity index (χ3v) is 5.98. The first-order chi connectivity index (χ1) is 14.5. The summed E-state index contributed by atoms with van der Waals surface area (Å²) >= 11 is 11.0. The number of carbonyl (C=O) groups is 1. The first-order valence-corrected chi connectivity index (χ1v) is 10.9. The molecule has 0 radical (unpaired) electrons. The summed E-state index contributed by atoms with van der Waals surface area (Å²) in [6, 6.07) is 12.0. The van der Waals surface area contributed by atoms with Gasteiger partial charge in [-0.05, 0) is 60.2 Å². The Morgan fingerprint density at radius 3 is 2.19 bits per heavy atom. The van der Waals surface area contributed by atoms with Gasteiger partial charge in [0.1, 0.15) is 11.6 Å². The van der Waals surface area contributed by atoms with E-state index in [4.69, 9.17) is 28.9 Å². The molecular formula is C20H15Cl2F2N3O3S. The third kappa shape index (κ3) is 5.63. The number of hydrogen-bond acceptors (Lipinski definition) is 4. The molecule has 0 saturated carbocycles. The number of nitrogens with two attached hydrogens (primary N) is 1. The lowest BCUT2D eigenvalue weighted by Gasteiger charge is -2.10. The summed E-state index contributed by atoms with van der Waals surface area (Å²) in [6.45, 7) is 0. The highest BCUT2D eigenvalue weighted by molar-refractivity contribution is 7.92. The van der Waals surface area contributed by atoms with Crippen LogP contribution in [0.4, 0.5) is 25.8 Å². The molecule has 0 saturated heterocycles. The number of anilines is 3. The van der Waals surface area contributed by atoms with E-state index in [1.165, 1.54) is 42.5 Å². The molecule has 0 fully saturated rings. The maximum Gasteiger partial charge on any atom is 0.261 e. The summed E-state index contributed by atoms with van der Waals surface area (Å²) < 4.78 is 52.8. The average molecular weight is 486 g/mol. The summed E-state index contributed by atoms with van der Waals surface area (Å²) in [5, 5.41) is 3.14. The molecule has 0 aromatic heterocycles. The number of rotatable bonds is 3. The maximum atomic E-state index is 13.7. The lowest BCUT2D eigenvalue weighted by atomic mass is 10.2. The summed E-state index contributed by atoms with van der Waals surface area (Å²) in [7, 11) is -3.96. The number of sulfonamides is 1. The standard InChI is InChI=1S/C14H10ClFN2O3S.C6H5ClFN/c15-9-1-3-13(11(16)7-9)18-22(20,21)10-2-4-12-8(5-10)6-14(19)17-12;7-4-1-2-6(9)5(8)3-4/h1-5,7,18H,6H2,(H,17,19);1-3H,9H2. The van der Waals surface area contributed by atoms with Crippen LogP contribution >= 0.6 is 23.2 Å². The normalized spacial score (nSPS) is 12.5. The van der Waals surface area contributed by atoms with Crippen LogP contribution in [-0.2, 0) is 21.2 Å². The molecule has 11 heteroatoms. The first kappa shape index (κ1) is 22.8. The van der Waals surface area contributed by atoms with Gasteiger partial charge in [-0.3, -0.25) is 9.52 Å². The van der Waals surface area contributed by atoms with Crippen LogP contribution < -0.4 is 15.8 Å². The zero-order valence-corrected chi connectivity index (χ0v) is 18.0. The molecule has 0 aliphatic carbocycles. The van der Waals surface area contributed by atoms with E-state index in [9.17, 15) is 22.0 Å². The molecule has 0 unspecified atom stereocenters. The van der Waals surface area contributed by atoms with Crippen molar-refractivity contribution in [1.82, 2.24) is 0 Å². The van der Waals surface area contributed by atoms with E-state index in [-0.39, 0.29) is 33.6 Å². The van der Waals surface area contributed by atoms with Crippen molar-refractivity contribution in [3.8, 4) is 0 Å². The van der Waals surface area contributed by atoms with Crippen molar-refractivity contribution < 1.29 is 22.0 Å². The molecule has 1 heterocycles. The second-order valence-electron chi connectivity index (χ2n) is 6.44. The molecule has 6 nitrogen and oxygen atoms in total. The van der Waals surface area contributed by atoms with Gasteiger partial charge in [-0.15, -0.1) is 0 Å². The van der Waals surface area contributed by atoms with Crippen molar-refractivity contribution in [2.24, 2.45) is 0 Å². The van der Waals surface area contributed by atoms with Gasteiger partial charge < -0.3 is 11.1 Å². The molecule has 4 N–H and O–H groups in total. The second kappa shape index (κ2) is 9.09. The Balaban J connectivity index is 0.000000254. The minimum Gasteiger partial charge on any atom is -0.396 e. The molecule has 3 aromatic carbocycles. The molecule has 3 aromatic rings. The van der Waals surface area contributed by atoms with Crippen molar-refractivity contribution in [3.63, 3.8) is 0 Å². The topological polar surface area (TPSA) is 101 Å². The number of fused-ring (bicyclic) bond motifs is 1. The van der Waals surface area contributed by atoms with Crippen LogP contribution in [0.2, 0.25) is 10.0 Å². The number of nitrogen functional groups attached to an aromatic ring is 1. The Morgan fingerprint density at radius 1 is 0.935 bits per heavy atom. The fraction of sp³-hybridized carbons (Fsp3) is 0.0500. The minimum atomic E-state index is -3.96. The minimum absolute atomic E-state index is 0.0444. The Morgan fingerprint density at radius 2 is 1.58 bits per heavy atom. The smallest absolute Gasteiger partial charge is 0.261 e. The lowest BCUT2D eigenvalue weighted by molar-refractivity contribution is -0.115. The maximum absolute atomic E-state index is 13.7. The Bertz CT molecular complexity index is 1270. The zero-order chi connectivity index (χ0) is 22.8. The zero-order valence-electron chi connectivity index (χ0n) is 15.6. The van der Waals surface area contributed by atoms with E-state index in [0.717, 1.165) is 6.07 Å². The van der Waals surface area contributed by atoms with Crippen LogP contribution in [0.3, 0.4) is 0 Å². The number of carbonyl (C=O) groups excluding carboxylic acids is 1. The lowest BCUT2D eigenvalue weighted by Crippen LogP contribution is -2.14. The van der Waals surface area contributed by atoms with Gasteiger partial charge in [0.15, 0.2) is 0 Å². The monoisotopic (exact) mass is 485 g/mol. The molecule has 0 atom stereocenters. The van der Waals surface area contributed by atoms with E-state index in [1.54, 1.807) is 6.07 Å². The molecule has 4 rings (SSSR count). The predicted octanol–water partition coefficient (Wildman–Crippen LogP) is 4.84. The fourth-order valence-corrected chi connectivity index (χ4v) is 4.09. The third-order valence-electron chi connectivity index (χ3n) is 4.15. The van der Waals surface area contributed by atoms with Gasteiger partial charge in [-0.2, -0.15) is 0 Å². The molecule has 1 amide bonds. The van der Waals surface area contributed by atoms with E-state index < -0.39 is 21.7 Å². The highest BCUT2D eigenvalue weighted by Gasteiger charge is 2.22. The fourth-order valence-electron chi connectivity index (χ4n) is 2.65. The number of benzene rings is 3. The molecular weight excluding hydrogens is 471 g/mol. The molecule has 162 valence electrons. The first-order valence-electron chi connectivity index (χ1n) is 8.66. The van der Waals surface area contributed by atoms with Crippen LogP contribution in [0.15, 0.2) is 59.5 Å². The Hall–Kier alpha value is -2.88. The Kier molecular flexibility index (Phi) is 6.68. The van der Waals surface area contributed by atoms with Gasteiger partial charge in [0, 0.05) is 15.7 Å². The quantitative estimate of drug-likeness (QED) is 0.462. The summed E-state index contributed by atoms with van der Waals surface area (Å²) in [4.78, 5) is 11.2. The molecule has 31 heavy (non-hydrogen) atoms. The van der Waals surface area contributed by atoms with E-state index in [0.29, 0.717) is 16.3 Å².